The summed E-state index contributed by atoms with van der Waals surface area (Å²) in [6.45, 7) is 2.06. The van der Waals surface area contributed by atoms with Crippen molar-refractivity contribution in [2.75, 3.05) is 0 Å². The number of hydrogen-bond acceptors (Lipinski definition) is 0. The number of aryl methyl sites for hydroxylation is 1. The number of hydrogen-bond donors (Lipinski definition) is 0. The van der Waals surface area contributed by atoms with Gasteiger partial charge in [0.2, 0.25) is 0 Å². The molecule has 1 rings (SSSR count). The summed E-state index contributed by atoms with van der Waals surface area (Å²) in [6.07, 6.45) is 0. The molecule has 0 radical (unpaired) electrons. The Kier molecular flexibility index (Phi) is 2.95. The highest BCUT2D eigenvalue weighted by atomic mass is 79.9. The van der Waals surface area contributed by atoms with E-state index in [1.54, 1.807) is 0 Å². The van der Waals surface area contributed by atoms with Crippen LogP contribution in [0.4, 0.5) is 0 Å². The van der Waals surface area contributed by atoms with Crippen LogP contribution in [0.5, 0.6) is 0 Å². The largest absolute Gasteiger partial charge is 0.0505 e. The Morgan fingerprint density at radius 2 is 1.40 bits per heavy atom. The van der Waals surface area contributed by atoms with Crippen molar-refractivity contribution >= 4 is 47.8 Å². The molecule has 10 heavy (non-hydrogen) atoms. The third kappa shape index (κ3) is 1.83. The van der Waals surface area contributed by atoms with Gasteiger partial charge in [0.25, 0.3) is 0 Å². The SMILES string of the molecule is Cc1cc(Br)c(Br)cc1Br. The van der Waals surface area contributed by atoms with Crippen LogP contribution in [0, 0.1) is 6.92 Å². The maximum absolute atomic E-state index is 3.43. The Labute approximate surface area is 85.4 Å². The summed E-state index contributed by atoms with van der Waals surface area (Å²) in [5.74, 6) is 0. The van der Waals surface area contributed by atoms with Gasteiger partial charge in [-0.1, -0.05) is 15.9 Å². The maximum atomic E-state index is 3.43. The van der Waals surface area contributed by atoms with Gasteiger partial charge in [-0.3, -0.25) is 0 Å². The molecule has 1 aromatic rings. The van der Waals surface area contributed by atoms with E-state index in [-0.39, 0.29) is 0 Å². The lowest BCUT2D eigenvalue weighted by Crippen LogP contribution is -1.76. The van der Waals surface area contributed by atoms with Crippen molar-refractivity contribution in [2.45, 2.75) is 6.92 Å². The Balaban J connectivity index is 3.28. The van der Waals surface area contributed by atoms with Gasteiger partial charge in [-0.05, 0) is 56.5 Å². The highest BCUT2D eigenvalue weighted by molar-refractivity contribution is 9.13. The molecule has 0 spiro atoms. The normalized spacial score (nSPS) is 10.0. The van der Waals surface area contributed by atoms with Crippen LogP contribution in [0.1, 0.15) is 5.56 Å². The molecule has 1 aromatic carbocycles. The predicted octanol–water partition coefficient (Wildman–Crippen LogP) is 4.28. The lowest BCUT2D eigenvalue weighted by atomic mass is 10.2. The van der Waals surface area contributed by atoms with Crippen molar-refractivity contribution in [2.24, 2.45) is 0 Å². The minimum atomic E-state index is 1.07. The molecule has 0 bridgehead atoms. The molecular formula is C7H5Br3. The monoisotopic (exact) mass is 326 g/mol. The summed E-state index contributed by atoms with van der Waals surface area (Å²) in [6, 6.07) is 4.09. The zero-order chi connectivity index (χ0) is 7.72. The van der Waals surface area contributed by atoms with E-state index >= 15 is 0 Å². The highest BCUT2D eigenvalue weighted by Gasteiger charge is 1.99. The Morgan fingerprint density at radius 1 is 0.900 bits per heavy atom. The van der Waals surface area contributed by atoms with Gasteiger partial charge in [0.1, 0.15) is 0 Å². The molecular weight excluding hydrogens is 324 g/mol. The van der Waals surface area contributed by atoms with E-state index in [1.807, 2.05) is 6.07 Å². The minimum Gasteiger partial charge on any atom is -0.0505 e. The van der Waals surface area contributed by atoms with Crippen molar-refractivity contribution in [3.05, 3.63) is 31.1 Å². The molecule has 0 fully saturated rings. The second-order valence-corrected chi connectivity index (χ2v) is 4.58. The predicted molar refractivity (Wildman–Crippen MR) is 54.3 cm³/mol. The number of halogens is 3. The Morgan fingerprint density at radius 3 is 1.90 bits per heavy atom. The van der Waals surface area contributed by atoms with Crippen molar-refractivity contribution in [1.82, 2.24) is 0 Å². The lowest BCUT2D eigenvalue weighted by Gasteiger charge is -2.00. The summed E-state index contributed by atoms with van der Waals surface area (Å²) in [4.78, 5) is 0. The topological polar surface area (TPSA) is 0 Å². The van der Waals surface area contributed by atoms with Gasteiger partial charge in [-0.25, -0.2) is 0 Å². The summed E-state index contributed by atoms with van der Waals surface area (Å²) in [5.41, 5.74) is 1.23. The van der Waals surface area contributed by atoms with Crippen LogP contribution in [0.2, 0.25) is 0 Å². The third-order valence-electron chi connectivity index (χ3n) is 1.20. The molecule has 0 unspecified atom stereocenters. The van der Waals surface area contributed by atoms with Crippen LogP contribution in [0.15, 0.2) is 25.6 Å². The van der Waals surface area contributed by atoms with E-state index in [2.05, 4.69) is 60.8 Å². The molecule has 0 N–H and O–H groups in total. The number of benzene rings is 1. The molecule has 0 saturated carbocycles. The minimum absolute atomic E-state index is 1.07. The van der Waals surface area contributed by atoms with E-state index in [4.69, 9.17) is 0 Å². The van der Waals surface area contributed by atoms with Crippen LogP contribution in [0.25, 0.3) is 0 Å². The fraction of sp³-hybridized carbons (Fsp3) is 0.143. The molecule has 0 atom stereocenters. The zero-order valence-corrected chi connectivity index (χ0v) is 10.0. The highest BCUT2D eigenvalue weighted by Crippen LogP contribution is 2.28. The lowest BCUT2D eigenvalue weighted by molar-refractivity contribution is 1.39. The first-order valence-corrected chi connectivity index (χ1v) is 5.10. The second kappa shape index (κ2) is 3.37. The van der Waals surface area contributed by atoms with Crippen molar-refractivity contribution in [1.29, 1.82) is 0 Å². The second-order valence-electron chi connectivity index (χ2n) is 2.02. The van der Waals surface area contributed by atoms with Crippen LogP contribution >= 0.6 is 47.8 Å². The van der Waals surface area contributed by atoms with Gasteiger partial charge in [0.05, 0.1) is 0 Å². The molecule has 0 heterocycles. The third-order valence-corrected chi connectivity index (χ3v) is 3.90. The molecule has 0 amide bonds. The molecule has 0 nitrogen and oxygen atoms in total. The van der Waals surface area contributed by atoms with E-state index in [1.165, 1.54) is 5.56 Å². The first-order valence-electron chi connectivity index (χ1n) is 2.72. The summed E-state index contributed by atoms with van der Waals surface area (Å²) in [7, 11) is 0. The van der Waals surface area contributed by atoms with Crippen LogP contribution < -0.4 is 0 Å². The standard InChI is InChI=1S/C7H5Br3/c1-4-2-6(9)7(10)3-5(4)8/h2-3H,1H3. The van der Waals surface area contributed by atoms with Gasteiger partial charge in [-0.2, -0.15) is 0 Å². The molecule has 0 aliphatic heterocycles. The first kappa shape index (κ1) is 8.75. The fourth-order valence-electron chi connectivity index (χ4n) is 0.622. The molecule has 3 heteroatoms. The van der Waals surface area contributed by atoms with Gasteiger partial charge in [0.15, 0.2) is 0 Å². The molecule has 0 aliphatic carbocycles. The quantitative estimate of drug-likeness (QED) is 0.623. The summed E-state index contributed by atoms with van der Waals surface area (Å²) < 4.78 is 3.29. The van der Waals surface area contributed by atoms with E-state index in [0.29, 0.717) is 0 Å². The van der Waals surface area contributed by atoms with Crippen molar-refractivity contribution in [3.8, 4) is 0 Å². The molecule has 54 valence electrons. The summed E-state index contributed by atoms with van der Waals surface area (Å²) >= 11 is 10.2. The number of rotatable bonds is 0. The average molecular weight is 329 g/mol. The van der Waals surface area contributed by atoms with E-state index in [0.717, 1.165) is 13.4 Å². The molecule has 0 saturated heterocycles. The molecule has 0 aromatic heterocycles. The van der Waals surface area contributed by atoms with E-state index in [9.17, 15) is 0 Å². The van der Waals surface area contributed by atoms with Gasteiger partial charge in [-0.15, -0.1) is 0 Å². The Hall–Kier alpha value is 0.660. The van der Waals surface area contributed by atoms with E-state index < -0.39 is 0 Å². The first-order chi connectivity index (χ1) is 4.61. The van der Waals surface area contributed by atoms with Crippen LogP contribution in [-0.4, -0.2) is 0 Å². The smallest absolute Gasteiger partial charge is 0.0328 e. The molecule has 0 aliphatic rings. The van der Waals surface area contributed by atoms with Crippen LogP contribution in [-0.2, 0) is 0 Å². The van der Waals surface area contributed by atoms with Gasteiger partial charge < -0.3 is 0 Å². The fourth-order valence-corrected chi connectivity index (χ4v) is 2.07. The van der Waals surface area contributed by atoms with Gasteiger partial charge in [0, 0.05) is 13.4 Å². The summed E-state index contributed by atoms with van der Waals surface area (Å²) in [5, 5.41) is 0. The Bertz CT molecular complexity index is 205. The maximum Gasteiger partial charge on any atom is 0.0328 e. The average Bonchev–Trinajstić information content (AvgIpc) is 1.84. The zero-order valence-electron chi connectivity index (χ0n) is 5.29. The van der Waals surface area contributed by atoms with Crippen LogP contribution in [0.3, 0.4) is 0 Å². The van der Waals surface area contributed by atoms with Gasteiger partial charge >= 0.3 is 0 Å². The van der Waals surface area contributed by atoms with Crippen molar-refractivity contribution < 1.29 is 0 Å². The van der Waals surface area contributed by atoms with Crippen molar-refractivity contribution in [3.63, 3.8) is 0 Å².